The van der Waals surface area contributed by atoms with Gasteiger partial charge >= 0.3 is 5.69 Å². The molecule has 4 nitrogen and oxygen atoms in total. The van der Waals surface area contributed by atoms with E-state index in [1.807, 2.05) is 4.98 Å². The number of halogens is 1. The highest BCUT2D eigenvalue weighted by Gasteiger charge is 1.94. The lowest BCUT2D eigenvalue weighted by molar-refractivity contribution is 0.455. The normalized spacial score (nSPS) is 9.62. The fourth-order valence-electron chi connectivity index (χ4n) is 0.361. The van der Waals surface area contributed by atoms with Gasteiger partial charge in [-0.1, -0.05) is 0 Å². The average molecular weight is 135 g/mol. The Kier molecular flexibility index (Phi) is 1.02. The quantitative estimate of drug-likeness (QED) is 0.520. The first-order valence-corrected chi connectivity index (χ1v) is 2.21. The number of nitrogens with one attached hydrogen (secondary N) is 1. The Hall–Kier alpha value is -0.900. The van der Waals surface area contributed by atoms with Crippen LogP contribution in [0.4, 0.5) is 0 Å². The van der Waals surface area contributed by atoms with E-state index in [4.69, 9.17) is 16.9 Å². The minimum Gasteiger partial charge on any atom is -0.493 e. The summed E-state index contributed by atoms with van der Waals surface area (Å²) in [4.78, 5) is 12.3. The Morgan fingerprint density at radius 3 is 2.62 bits per heavy atom. The first-order valence-electron chi connectivity index (χ1n) is 1.87. The zero-order valence-electron chi connectivity index (χ0n) is 3.76. The summed E-state index contributed by atoms with van der Waals surface area (Å²) in [6, 6.07) is 0. The molecule has 0 aliphatic carbocycles. The van der Waals surface area contributed by atoms with Gasteiger partial charge in [-0.05, 0) is 0 Å². The van der Waals surface area contributed by atoms with E-state index in [1.54, 1.807) is 0 Å². The standard InChI is InChI=1S/C3H3ClN2O2/c4-6-1-2(7)5-3(6)8/h1,7H,(H,5,8). The van der Waals surface area contributed by atoms with Gasteiger partial charge in [-0.25, -0.2) is 8.88 Å². The van der Waals surface area contributed by atoms with Crippen molar-refractivity contribution in [1.82, 2.24) is 9.07 Å². The second kappa shape index (κ2) is 1.56. The molecule has 0 saturated carbocycles. The van der Waals surface area contributed by atoms with Crippen molar-refractivity contribution < 1.29 is 5.11 Å². The van der Waals surface area contributed by atoms with Crippen LogP contribution in [0.3, 0.4) is 0 Å². The molecule has 2 N–H and O–H groups in total. The van der Waals surface area contributed by atoms with Gasteiger partial charge < -0.3 is 5.11 Å². The van der Waals surface area contributed by atoms with Crippen LogP contribution in [0.2, 0.25) is 0 Å². The van der Waals surface area contributed by atoms with Crippen LogP contribution in [-0.4, -0.2) is 14.2 Å². The lowest BCUT2D eigenvalue weighted by atomic mass is 10.9. The monoisotopic (exact) mass is 134 g/mol. The minimum atomic E-state index is -0.538. The molecule has 1 heterocycles. The summed E-state index contributed by atoms with van der Waals surface area (Å²) in [5.41, 5.74) is -0.538. The van der Waals surface area contributed by atoms with E-state index >= 15 is 0 Å². The first kappa shape index (κ1) is 5.24. The Labute approximate surface area is 49.4 Å². The van der Waals surface area contributed by atoms with Crippen molar-refractivity contribution in [1.29, 1.82) is 0 Å². The molecular formula is C3H3ClN2O2. The van der Waals surface area contributed by atoms with E-state index in [2.05, 4.69) is 0 Å². The number of H-pyrrole nitrogens is 1. The van der Waals surface area contributed by atoms with Crippen LogP contribution < -0.4 is 5.69 Å². The van der Waals surface area contributed by atoms with E-state index in [0.29, 0.717) is 0 Å². The Morgan fingerprint density at radius 2 is 2.50 bits per heavy atom. The highest BCUT2D eigenvalue weighted by Crippen LogP contribution is 1.97. The van der Waals surface area contributed by atoms with Gasteiger partial charge in [0.15, 0.2) is 0 Å². The number of aromatic hydroxyl groups is 1. The highest BCUT2D eigenvalue weighted by molar-refractivity contribution is 6.15. The first-order chi connectivity index (χ1) is 3.70. The zero-order chi connectivity index (χ0) is 6.15. The molecule has 44 valence electrons. The van der Waals surface area contributed by atoms with Gasteiger partial charge in [0.2, 0.25) is 5.88 Å². The van der Waals surface area contributed by atoms with Crippen LogP contribution in [-0.2, 0) is 0 Å². The van der Waals surface area contributed by atoms with Gasteiger partial charge in [0.1, 0.15) is 0 Å². The molecular weight excluding hydrogens is 131 g/mol. The van der Waals surface area contributed by atoms with Crippen molar-refractivity contribution in [2.75, 3.05) is 0 Å². The fourth-order valence-corrected chi connectivity index (χ4v) is 0.496. The molecule has 8 heavy (non-hydrogen) atoms. The topological polar surface area (TPSA) is 58.0 Å². The third-order valence-corrected chi connectivity index (χ3v) is 0.916. The van der Waals surface area contributed by atoms with Crippen molar-refractivity contribution in [2.24, 2.45) is 0 Å². The van der Waals surface area contributed by atoms with E-state index in [0.717, 1.165) is 10.3 Å². The molecule has 0 amide bonds. The molecule has 1 aromatic heterocycles. The lowest BCUT2D eigenvalue weighted by Crippen LogP contribution is -2.06. The summed E-state index contributed by atoms with van der Waals surface area (Å²) in [6.45, 7) is 0. The van der Waals surface area contributed by atoms with Crippen LogP contribution in [0, 0.1) is 0 Å². The molecule has 0 saturated heterocycles. The molecule has 1 aromatic rings. The third kappa shape index (κ3) is 0.696. The van der Waals surface area contributed by atoms with Gasteiger partial charge in [-0.2, -0.15) is 0 Å². The second-order valence-corrected chi connectivity index (χ2v) is 1.62. The average Bonchev–Trinajstić information content (AvgIpc) is 1.85. The predicted octanol–water partition coefficient (Wildman–Crippen LogP) is -0.116. The summed E-state index contributed by atoms with van der Waals surface area (Å²) in [5.74, 6) is -0.231. The maximum Gasteiger partial charge on any atom is 0.343 e. The molecule has 5 heteroatoms. The summed E-state index contributed by atoms with van der Waals surface area (Å²) in [5, 5.41) is 8.47. The van der Waals surface area contributed by atoms with Gasteiger partial charge in [0.25, 0.3) is 0 Å². The van der Waals surface area contributed by atoms with Gasteiger partial charge in [-0.3, -0.25) is 4.98 Å². The molecule has 0 aromatic carbocycles. The minimum absolute atomic E-state index is 0.231. The maximum absolute atomic E-state index is 10.3. The van der Waals surface area contributed by atoms with Crippen LogP contribution in [0.25, 0.3) is 0 Å². The molecule has 0 fully saturated rings. The van der Waals surface area contributed by atoms with E-state index in [1.165, 1.54) is 0 Å². The smallest absolute Gasteiger partial charge is 0.343 e. The van der Waals surface area contributed by atoms with Gasteiger partial charge in [-0.15, -0.1) is 0 Å². The number of rotatable bonds is 0. The van der Waals surface area contributed by atoms with Crippen molar-refractivity contribution in [2.45, 2.75) is 0 Å². The molecule has 0 unspecified atom stereocenters. The summed E-state index contributed by atoms with van der Waals surface area (Å²) in [7, 11) is 0. The molecule has 1 rings (SSSR count). The number of hydrogen-bond donors (Lipinski definition) is 2. The van der Waals surface area contributed by atoms with Crippen molar-refractivity contribution in [3.63, 3.8) is 0 Å². The molecule has 0 atom stereocenters. The number of hydrogen-bond acceptors (Lipinski definition) is 2. The molecule has 0 aliphatic rings. The van der Waals surface area contributed by atoms with Crippen LogP contribution >= 0.6 is 11.8 Å². The Balaban J connectivity index is 3.35. The van der Waals surface area contributed by atoms with E-state index in [9.17, 15) is 4.79 Å². The van der Waals surface area contributed by atoms with Crippen LogP contribution in [0.1, 0.15) is 0 Å². The third-order valence-electron chi connectivity index (χ3n) is 0.665. The van der Waals surface area contributed by atoms with Crippen molar-refractivity contribution >= 4 is 11.8 Å². The van der Waals surface area contributed by atoms with E-state index in [-0.39, 0.29) is 5.88 Å². The predicted molar refractivity (Wildman–Crippen MR) is 28.0 cm³/mol. The largest absolute Gasteiger partial charge is 0.493 e. The van der Waals surface area contributed by atoms with Crippen LogP contribution in [0.15, 0.2) is 11.0 Å². The molecule has 0 aliphatic heterocycles. The van der Waals surface area contributed by atoms with Crippen molar-refractivity contribution in [3.05, 3.63) is 16.7 Å². The zero-order valence-corrected chi connectivity index (χ0v) is 4.51. The van der Waals surface area contributed by atoms with E-state index < -0.39 is 5.69 Å². The van der Waals surface area contributed by atoms with Gasteiger partial charge in [0, 0.05) is 11.8 Å². The highest BCUT2D eigenvalue weighted by atomic mass is 35.5. The number of imidazole rings is 1. The van der Waals surface area contributed by atoms with Gasteiger partial charge in [0.05, 0.1) is 6.20 Å². The molecule has 0 radical (unpaired) electrons. The molecule has 0 spiro atoms. The maximum atomic E-state index is 10.3. The summed E-state index contributed by atoms with van der Waals surface area (Å²) >= 11 is 5.14. The lowest BCUT2D eigenvalue weighted by Gasteiger charge is -1.72. The Morgan fingerprint density at radius 1 is 1.88 bits per heavy atom. The fraction of sp³-hybridized carbons (Fsp3) is 0. The molecule has 0 bridgehead atoms. The van der Waals surface area contributed by atoms with Crippen molar-refractivity contribution in [3.8, 4) is 5.88 Å². The SMILES string of the molecule is O=c1[nH]c(O)cn1Cl. The summed E-state index contributed by atoms with van der Waals surface area (Å²) < 4.78 is 0.731. The number of aromatic amines is 1. The van der Waals surface area contributed by atoms with Crippen LogP contribution in [0.5, 0.6) is 5.88 Å². The number of aromatic nitrogens is 2. The Bertz CT molecular complexity index is 238. The second-order valence-electron chi connectivity index (χ2n) is 1.26. The summed E-state index contributed by atoms with van der Waals surface area (Å²) in [6.07, 6.45) is 1.07. The number of nitrogens with zero attached hydrogens (tertiary/aromatic N) is 1.